The topological polar surface area (TPSA) is 54.5 Å². The van der Waals surface area contributed by atoms with Gasteiger partial charge >= 0.3 is 6.18 Å². The van der Waals surface area contributed by atoms with Gasteiger partial charge in [-0.3, -0.25) is 4.79 Å². The molecule has 0 aromatic heterocycles. The van der Waals surface area contributed by atoms with Crippen molar-refractivity contribution >= 4 is 21.4 Å². The van der Waals surface area contributed by atoms with Crippen LogP contribution < -0.4 is 4.90 Å². The molecule has 0 bridgehead atoms. The number of fused-ring (bicyclic) bond motifs is 1. The van der Waals surface area contributed by atoms with Crippen LogP contribution in [0.1, 0.15) is 24.0 Å². The first-order valence-corrected chi connectivity index (χ1v) is 8.83. The second-order valence-electron chi connectivity index (χ2n) is 5.33. The third-order valence-corrected chi connectivity index (χ3v) is 4.49. The highest BCUT2D eigenvalue weighted by Crippen LogP contribution is 2.39. The van der Waals surface area contributed by atoms with Crippen molar-refractivity contribution in [3.63, 3.8) is 0 Å². The molecule has 1 heterocycles. The molecule has 0 unspecified atom stereocenters. The van der Waals surface area contributed by atoms with Crippen LogP contribution >= 0.6 is 0 Å². The fourth-order valence-electron chi connectivity index (χ4n) is 2.56. The Bertz CT molecular complexity index is 683. The molecular weight excluding hydrogens is 319 g/mol. The number of carbonyl (C=O) groups excluding carboxylic acids is 1. The number of carbonyl (C=O) groups is 1. The summed E-state index contributed by atoms with van der Waals surface area (Å²) in [6, 6.07) is 3.75. The zero-order chi connectivity index (χ0) is 16.5. The van der Waals surface area contributed by atoms with Crippen LogP contribution in [0, 0.1) is 0 Å². The summed E-state index contributed by atoms with van der Waals surface area (Å²) >= 11 is 0. The number of hydrogen-bond donors (Lipinski definition) is 0. The lowest BCUT2D eigenvalue weighted by atomic mass is 9.95. The summed E-state index contributed by atoms with van der Waals surface area (Å²) in [5.74, 6) is -0.776. The first-order valence-electron chi connectivity index (χ1n) is 6.77. The number of benzene rings is 1. The number of halogens is 3. The molecule has 22 heavy (non-hydrogen) atoms. The zero-order valence-corrected chi connectivity index (χ0v) is 12.8. The van der Waals surface area contributed by atoms with E-state index in [-0.39, 0.29) is 29.8 Å². The summed E-state index contributed by atoms with van der Waals surface area (Å²) in [6.07, 6.45) is -3.00. The van der Waals surface area contributed by atoms with Gasteiger partial charge in [0.15, 0.2) is 0 Å². The molecule has 0 saturated heterocycles. The molecule has 122 valence electrons. The van der Waals surface area contributed by atoms with Crippen LogP contribution in [0.4, 0.5) is 18.9 Å². The summed E-state index contributed by atoms with van der Waals surface area (Å²) in [4.78, 5) is 13.4. The highest BCUT2D eigenvalue weighted by Gasteiger charge is 2.36. The second-order valence-corrected chi connectivity index (χ2v) is 7.59. The van der Waals surface area contributed by atoms with Gasteiger partial charge < -0.3 is 4.90 Å². The highest BCUT2D eigenvalue weighted by molar-refractivity contribution is 7.90. The smallest absolute Gasteiger partial charge is 0.312 e. The van der Waals surface area contributed by atoms with Crippen molar-refractivity contribution < 1.29 is 26.4 Å². The zero-order valence-electron chi connectivity index (χ0n) is 12.0. The molecule has 1 aromatic carbocycles. The van der Waals surface area contributed by atoms with Crippen LogP contribution in [-0.4, -0.2) is 32.9 Å². The van der Waals surface area contributed by atoms with Crippen LogP contribution in [0.2, 0.25) is 0 Å². The average Bonchev–Trinajstić information content (AvgIpc) is 2.41. The number of nitrogens with zero attached hydrogens (tertiary/aromatic N) is 1. The van der Waals surface area contributed by atoms with E-state index in [0.29, 0.717) is 13.0 Å². The van der Waals surface area contributed by atoms with E-state index in [1.807, 2.05) is 0 Å². The van der Waals surface area contributed by atoms with Gasteiger partial charge in [-0.25, -0.2) is 8.42 Å². The number of amides is 1. The van der Waals surface area contributed by atoms with Gasteiger partial charge in [-0.15, -0.1) is 0 Å². The normalized spacial score (nSPS) is 15.5. The Hall–Kier alpha value is -1.57. The van der Waals surface area contributed by atoms with Crippen molar-refractivity contribution in [1.29, 1.82) is 0 Å². The summed E-state index contributed by atoms with van der Waals surface area (Å²) in [5, 5.41) is 0. The molecular formula is C14H16F3NO3S. The Kier molecular flexibility index (Phi) is 4.51. The molecule has 1 aliphatic rings. The van der Waals surface area contributed by atoms with Gasteiger partial charge in [-0.1, -0.05) is 6.07 Å². The average molecular weight is 335 g/mol. The second kappa shape index (κ2) is 5.91. The highest BCUT2D eigenvalue weighted by atomic mass is 32.2. The van der Waals surface area contributed by atoms with Crippen LogP contribution in [0.3, 0.4) is 0 Å². The van der Waals surface area contributed by atoms with E-state index in [2.05, 4.69) is 0 Å². The Balaban J connectivity index is 2.31. The number of sulfone groups is 1. The van der Waals surface area contributed by atoms with E-state index in [0.717, 1.165) is 12.3 Å². The minimum atomic E-state index is -4.47. The van der Waals surface area contributed by atoms with Gasteiger partial charge in [0.1, 0.15) is 9.84 Å². The SMILES string of the molecule is CS(=O)(=O)CCC(=O)N1CCCc2c1cccc2C(F)(F)F. The van der Waals surface area contributed by atoms with Gasteiger partial charge in [0.2, 0.25) is 5.91 Å². The van der Waals surface area contributed by atoms with Gasteiger partial charge in [0.25, 0.3) is 0 Å². The minimum absolute atomic E-state index is 0.106. The van der Waals surface area contributed by atoms with Crippen LogP contribution in [0.15, 0.2) is 18.2 Å². The van der Waals surface area contributed by atoms with Crippen molar-refractivity contribution in [2.45, 2.75) is 25.4 Å². The minimum Gasteiger partial charge on any atom is -0.312 e. The molecule has 2 rings (SSSR count). The van der Waals surface area contributed by atoms with Crippen molar-refractivity contribution in [2.24, 2.45) is 0 Å². The molecule has 1 aromatic rings. The first kappa shape index (κ1) is 16.8. The van der Waals surface area contributed by atoms with Crippen molar-refractivity contribution in [3.05, 3.63) is 29.3 Å². The summed E-state index contributed by atoms with van der Waals surface area (Å²) in [7, 11) is -3.29. The molecule has 0 fully saturated rings. The molecule has 0 spiro atoms. The van der Waals surface area contributed by atoms with Gasteiger partial charge in [0.05, 0.1) is 11.3 Å². The predicted molar refractivity (Wildman–Crippen MR) is 76.4 cm³/mol. The van der Waals surface area contributed by atoms with Gasteiger partial charge in [0, 0.05) is 24.9 Å². The molecule has 0 saturated carbocycles. The van der Waals surface area contributed by atoms with Crippen LogP contribution in [-0.2, 0) is 27.2 Å². The molecule has 0 aliphatic carbocycles. The molecule has 0 N–H and O–H groups in total. The van der Waals surface area contributed by atoms with E-state index in [1.165, 1.54) is 17.0 Å². The fraction of sp³-hybridized carbons (Fsp3) is 0.500. The Morgan fingerprint density at radius 3 is 2.59 bits per heavy atom. The maximum atomic E-state index is 13.0. The third-order valence-electron chi connectivity index (χ3n) is 3.54. The van der Waals surface area contributed by atoms with E-state index in [9.17, 15) is 26.4 Å². The van der Waals surface area contributed by atoms with Crippen LogP contribution in [0.25, 0.3) is 0 Å². The molecule has 0 radical (unpaired) electrons. The molecule has 8 heteroatoms. The monoisotopic (exact) mass is 335 g/mol. The quantitative estimate of drug-likeness (QED) is 0.852. The first-order chi connectivity index (χ1) is 10.1. The Morgan fingerprint density at radius 2 is 2.00 bits per heavy atom. The molecule has 1 aliphatic heterocycles. The van der Waals surface area contributed by atoms with Crippen molar-refractivity contribution in [3.8, 4) is 0 Å². The van der Waals surface area contributed by atoms with E-state index < -0.39 is 27.5 Å². The van der Waals surface area contributed by atoms with Crippen molar-refractivity contribution in [1.82, 2.24) is 0 Å². The fourth-order valence-corrected chi connectivity index (χ4v) is 3.10. The van der Waals surface area contributed by atoms with Gasteiger partial charge in [-0.2, -0.15) is 13.2 Å². The largest absolute Gasteiger partial charge is 0.416 e. The molecule has 4 nitrogen and oxygen atoms in total. The third kappa shape index (κ3) is 3.79. The lowest BCUT2D eigenvalue weighted by Gasteiger charge is -2.31. The lowest BCUT2D eigenvalue weighted by molar-refractivity contribution is -0.138. The predicted octanol–water partition coefficient (Wildman–Crippen LogP) is 2.42. The van der Waals surface area contributed by atoms with E-state index in [1.54, 1.807) is 0 Å². The van der Waals surface area contributed by atoms with Crippen molar-refractivity contribution in [2.75, 3.05) is 23.5 Å². The van der Waals surface area contributed by atoms with Crippen LogP contribution in [0.5, 0.6) is 0 Å². The number of alkyl halides is 3. The van der Waals surface area contributed by atoms with E-state index in [4.69, 9.17) is 0 Å². The molecule has 0 atom stereocenters. The lowest BCUT2D eigenvalue weighted by Crippen LogP contribution is -2.37. The summed E-state index contributed by atoms with van der Waals surface area (Å²) in [5.41, 5.74) is -0.390. The number of anilines is 1. The number of rotatable bonds is 3. The maximum absolute atomic E-state index is 13.0. The number of hydrogen-bond acceptors (Lipinski definition) is 3. The summed E-state index contributed by atoms with van der Waals surface area (Å²) < 4.78 is 61.3. The molecule has 1 amide bonds. The Labute approximate surface area is 126 Å². The maximum Gasteiger partial charge on any atom is 0.416 e. The van der Waals surface area contributed by atoms with E-state index >= 15 is 0 Å². The summed E-state index contributed by atoms with van der Waals surface area (Å²) in [6.45, 7) is 0.302. The van der Waals surface area contributed by atoms with Gasteiger partial charge in [-0.05, 0) is 30.5 Å². The standard InChI is InChI=1S/C14H16F3NO3S/c1-22(20,21)9-7-13(19)18-8-3-4-10-11(14(15,16)17)5-2-6-12(10)18/h2,5-6H,3-4,7-9H2,1H3. The Morgan fingerprint density at radius 1 is 1.32 bits per heavy atom.